The zero-order chi connectivity index (χ0) is 14.8. The summed E-state index contributed by atoms with van der Waals surface area (Å²) in [6.07, 6.45) is 2.85. The molecule has 0 aliphatic rings. The fourth-order valence-electron chi connectivity index (χ4n) is 1.58. The van der Waals surface area contributed by atoms with Gasteiger partial charge in [-0.2, -0.15) is 0 Å². The van der Waals surface area contributed by atoms with E-state index >= 15 is 0 Å². The van der Waals surface area contributed by atoms with E-state index < -0.39 is 10.0 Å². The Bertz CT molecular complexity index is 472. The van der Waals surface area contributed by atoms with Crippen LogP contribution in [0, 0.1) is 0 Å². The second kappa shape index (κ2) is 9.46. The van der Waals surface area contributed by atoms with Crippen LogP contribution in [0.5, 0.6) is 0 Å². The Hall–Kier alpha value is -0.470. The molecule has 5 nitrogen and oxygen atoms in total. The van der Waals surface area contributed by atoms with E-state index in [9.17, 15) is 8.42 Å². The van der Waals surface area contributed by atoms with Crippen molar-refractivity contribution in [2.45, 2.75) is 37.6 Å². The summed E-state index contributed by atoms with van der Waals surface area (Å²) in [5, 5.41) is 4.68. The molecular weight excluding hydrogens is 296 g/mol. The summed E-state index contributed by atoms with van der Waals surface area (Å²) >= 11 is 1.45. The molecule has 1 aromatic heterocycles. The number of sulfonamides is 1. The summed E-state index contributed by atoms with van der Waals surface area (Å²) in [7, 11) is -1.54. The SMILES string of the molecule is CCCCOCCCNS(=O)(=O)c1csc(CNC)c1. The van der Waals surface area contributed by atoms with Crippen molar-refractivity contribution in [1.82, 2.24) is 10.0 Å². The largest absolute Gasteiger partial charge is 0.381 e. The maximum Gasteiger partial charge on any atom is 0.241 e. The Kier molecular flexibility index (Phi) is 8.32. The van der Waals surface area contributed by atoms with Crippen molar-refractivity contribution in [1.29, 1.82) is 0 Å². The minimum atomic E-state index is -3.38. The zero-order valence-electron chi connectivity index (χ0n) is 12.1. The van der Waals surface area contributed by atoms with E-state index in [1.54, 1.807) is 11.4 Å². The summed E-state index contributed by atoms with van der Waals surface area (Å²) in [6, 6.07) is 1.71. The molecule has 7 heteroatoms. The highest BCUT2D eigenvalue weighted by molar-refractivity contribution is 7.89. The van der Waals surface area contributed by atoms with Gasteiger partial charge >= 0.3 is 0 Å². The number of thiophene rings is 1. The van der Waals surface area contributed by atoms with Crippen LogP contribution in [0.2, 0.25) is 0 Å². The molecule has 2 N–H and O–H groups in total. The van der Waals surface area contributed by atoms with Crippen LogP contribution in [0.4, 0.5) is 0 Å². The van der Waals surface area contributed by atoms with Crippen LogP contribution in [0.3, 0.4) is 0 Å². The van der Waals surface area contributed by atoms with E-state index in [1.807, 2.05) is 7.05 Å². The molecule has 0 fully saturated rings. The van der Waals surface area contributed by atoms with E-state index in [0.717, 1.165) is 24.3 Å². The average Bonchev–Trinajstić information content (AvgIpc) is 2.88. The van der Waals surface area contributed by atoms with Crippen molar-refractivity contribution in [2.24, 2.45) is 0 Å². The summed E-state index contributed by atoms with van der Waals surface area (Å²) in [6.45, 7) is 4.55. The standard InChI is InChI=1S/C13H24N2O3S2/c1-3-4-7-18-8-5-6-15-20(16,17)13-9-12(10-14-2)19-11-13/h9,11,14-15H,3-8,10H2,1-2H3. The number of rotatable bonds is 11. The van der Waals surface area contributed by atoms with Gasteiger partial charge in [0.1, 0.15) is 0 Å². The van der Waals surface area contributed by atoms with E-state index in [-0.39, 0.29) is 0 Å². The van der Waals surface area contributed by atoms with Crippen molar-refractivity contribution < 1.29 is 13.2 Å². The Labute approximate surface area is 125 Å². The van der Waals surface area contributed by atoms with Gasteiger partial charge in [-0.25, -0.2) is 13.1 Å². The van der Waals surface area contributed by atoms with Gasteiger partial charge in [-0.3, -0.25) is 0 Å². The van der Waals surface area contributed by atoms with Gasteiger partial charge in [0.2, 0.25) is 10.0 Å². The lowest BCUT2D eigenvalue weighted by atomic mass is 10.4. The van der Waals surface area contributed by atoms with Crippen LogP contribution < -0.4 is 10.0 Å². The second-order valence-electron chi connectivity index (χ2n) is 4.50. The van der Waals surface area contributed by atoms with Crippen molar-refractivity contribution >= 4 is 21.4 Å². The molecule has 0 aliphatic carbocycles. The molecule has 1 rings (SSSR count). The molecule has 0 aromatic carbocycles. The van der Waals surface area contributed by atoms with Gasteiger partial charge in [0, 0.05) is 36.6 Å². The molecule has 0 radical (unpaired) electrons. The lowest BCUT2D eigenvalue weighted by molar-refractivity contribution is 0.130. The third-order valence-electron chi connectivity index (χ3n) is 2.69. The highest BCUT2D eigenvalue weighted by Gasteiger charge is 2.15. The van der Waals surface area contributed by atoms with Gasteiger partial charge in [-0.1, -0.05) is 13.3 Å². The maximum absolute atomic E-state index is 12.0. The van der Waals surface area contributed by atoms with E-state index in [2.05, 4.69) is 17.0 Å². The summed E-state index contributed by atoms with van der Waals surface area (Å²) in [5.74, 6) is 0. The number of nitrogens with one attached hydrogen (secondary N) is 2. The lowest BCUT2D eigenvalue weighted by Crippen LogP contribution is -2.25. The third-order valence-corrected chi connectivity index (χ3v) is 5.22. The summed E-state index contributed by atoms with van der Waals surface area (Å²) in [5.41, 5.74) is 0. The first-order valence-electron chi connectivity index (χ1n) is 6.89. The number of ether oxygens (including phenoxy) is 1. The smallest absolute Gasteiger partial charge is 0.241 e. The molecule has 1 aromatic rings. The minimum Gasteiger partial charge on any atom is -0.381 e. The molecule has 0 bridgehead atoms. The normalized spacial score (nSPS) is 11.9. The molecule has 0 unspecified atom stereocenters. The maximum atomic E-state index is 12.0. The molecule has 116 valence electrons. The zero-order valence-corrected chi connectivity index (χ0v) is 13.8. The minimum absolute atomic E-state index is 0.347. The fourth-order valence-corrected chi connectivity index (χ4v) is 3.94. The first-order valence-corrected chi connectivity index (χ1v) is 9.26. The van der Waals surface area contributed by atoms with Crippen LogP contribution in [0.15, 0.2) is 16.3 Å². The van der Waals surface area contributed by atoms with Gasteiger partial charge < -0.3 is 10.1 Å². The quantitative estimate of drug-likeness (QED) is 0.612. The van der Waals surface area contributed by atoms with Crippen LogP contribution in [0.1, 0.15) is 31.1 Å². The van der Waals surface area contributed by atoms with Gasteiger partial charge in [0.15, 0.2) is 0 Å². The van der Waals surface area contributed by atoms with Gasteiger partial charge in [-0.05, 0) is 26.0 Å². The van der Waals surface area contributed by atoms with Crippen molar-refractivity contribution in [3.63, 3.8) is 0 Å². The molecule has 1 heterocycles. The number of hydrogen-bond acceptors (Lipinski definition) is 5. The first kappa shape index (κ1) is 17.6. The molecule has 20 heavy (non-hydrogen) atoms. The molecule has 0 aliphatic heterocycles. The van der Waals surface area contributed by atoms with E-state index in [4.69, 9.17) is 4.74 Å². The summed E-state index contributed by atoms with van der Waals surface area (Å²) < 4.78 is 32.0. The predicted molar refractivity (Wildman–Crippen MR) is 82.6 cm³/mol. The predicted octanol–water partition coefficient (Wildman–Crippen LogP) is 1.95. The monoisotopic (exact) mass is 320 g/mol. The highest BCUT2D eigenvalue weighted by Crippen LogP contribution is 2.18. The lowest BCUT2D eigenvalue weighted by Gasteiger charge is -2.05. The molecule has 0 saturated heterocycles. The first-order chi connectivity index (χ1) is 9.60. The summed E-state index contributed by atoms with van der Waals surface area (Å²) in [4.78, 5) is 1.36. The molecule has 0 atom stereocenters. The van der Waals surface area contributed by atoms with E-state index in [0.29, 0.717) is 31.0 Å². The Morgan fingerprint density at radius 3 is 2.75 bits per heavy atom. The van der Waals surface area contributed by atoms with Crippen LogP contribution in [-0.2, 0) is 21.3 Å². The van der Waals surface area contributed by atoms with Crippen molar-refractivity contribution in [2.75, 3.05) is 26.8 Å². The van der Waals surface area contributed by atoms with E-state index in [1.165, 1.54) is 11.3 Å². The fraction of sp³-hybridized carbons (Fsp3) is 0.692. The Morgan fingerprint density at radius 1 is 1.30 bits per heavy atom. The molecule has 0 saturated carbocycles. The van der Waals surface area contributed by atoms with Crippen LogP contribution in [-0.4, -0.2) is 35.2 Å². The molecule has 0 amide bonds. The highest BCUT2D eigenvalue weighted by atomic mass is 32.2. The Morgan fingerprint density at radius 2 is 2.05 bits per heavy atom. The number of unbranched alkanes of at least 4 members (excludes halogenated alkanes) is 1. The molecular formula is C13H24N2O3S2. The topological polar surface area (TPSA) is 67.4 Å². The Balaban J connectivity index is 2.30. The molecule has 0 spiro atoms. The van der Waals surface area contributed by atoms with Crippen molar-refractivity contribution in [3.8, 4) is 0 Å². The van der Waals surface area contributed by atoms with Crippen LogP contribution >= 0.6 is 11.3 Å². The second-order valence-corrected chi connectivity index (χ2v) is 7.26. The number of hydrogen-bond donors (Lipinski definition) is 2. The van der Waals surface area contributed by atoms with Crippen LogP contribution in [0.25, 0.3) is 0 Å². The van der Waals surface area contributed by atoms with Gasteiger partial charge in [0.05, 0.1) is 4.90 Å². The van der Waals surface area contributed by atoms with Gasteiger partial charge in [0.25, 0.3) is 0 Å². The third kappa shape index (κ3) is 6.32. The average molecular weight is 320 g/mol. The van der Waals surface area contributed by atoms with Crippen molar-refractivity contribution in [3.05, 3.63) is 16.3 Å². The van der Waals surface area contributed by atoms with Gasteiger partial charge in [-0.15, -0.1) is 11.3 Å².